The van der Waals surface area contributed by atoms with Gasteiger partial charge >= 0.3 is 0 Å². The first kappa shape index (κ1) is 10.7. The smallest absolute Gasteiger partial charge is 0.133 e. The van der Waals surface area contributed by atoms with Gasteiger partial charge in [-0.15, -0.1) is 0 Å². The van der Waals surface area contributed by atoms with E-state index in [1.165, 1.54) is 0 Å². The van der Waals surface area contributed by atoms with E-state index in [4.69, 9.17) is 4.74 Å². The van der Waals surface area contributed by atoms with Crippen molar-refractivity contribution in [1.29, 1.82) is 0 Å². The molecule has 0 radical (unpaired) electrons. The van der Waals surface area contributed by atoms with Gasteiger partial charge in [-0.2, -0.15) is 0 Å². The van der Waals surface area contributed by atoms with E-state index in [1.54, 1.807) is 0 Å². The van der Waals surface area contributed by atoms with Gasteiger partial charge in [0.1, 0.15) is 6.29 Å². The normalized spacial score (nSPS) is 25.9. The lowest BCUT2D eigenvalue weighted by Crippen LogP contribution is -2.35. The molecule has 0 aliphatic carbocycles. The Hall–Kier alpha value is -0.410. The summed E-state index contributed by atoms with van der Waals surface area (Å²) in [5.74, 6) is 0.534. The van der Waals surface area contributed by atoms with Crippen LogP contribution in [-0.4, -0.2) is 43.5 Å². The first-order chi connectivity index (χ1) is 6.24. The highest BCUT2D eigenvalue weighted by atomic mass is 16.5. The third-order valence-electron chi connectivity index (χ3n) is 2.47. The topological polar surface area (TPSA) is 29.5 Å². The van der Waals surface area contributed by atoms with Gasteiger partial charge in [-0.25, -0.2) is 0 Å². The Morgan fingerprint density at radius 3 is 3.00 bits per heavy atom. The van der Waals surface area contributed by atoms with E-state index in [0.29, 0.717) is 18.6 Å². The summed E-state index contributed by atoms with van der Waals surface area (Å²) in [4.78, 5) is 12.6. The number of ether oxygens (including phenoxy) is 1. The van der Waals surface area contributed by atoms with Crippen molar-refractivity contribution in [2.75, 3.05) is 26.2 Å². The van der Waals surface area contributed by atoms with E-state index in [-0.39, 0.29) is 0 Å². The minimum absolute atomic E-state index is 0.294. The van der Waals surface area contributed by atoms with E-state index in [1.807, 2.05) is 0 Å². The highest BCUT2D eigenvalue weighted by molar-refractivity contribution is 5.51. The van der Waals surface area contributed by atoms with E-state index >= 15 is 0 Å². The lowest BCUT2D eigenvalue weighted by Gasteiger charge is -2.24. The third-order valence-corrected chi connectivity index (χ3v) is 2.47. The molecule has 0 N–H and O–H groups in total. The highest BCUT2D eigenvalue weighted by Crippen LogP contribution is 2.12. The summed E-state index contributed by atoms with van der Waals surface area (Å²) in [5, 5.41) is 0. The second-order valence-electron chi connectivity index (χ2n) is 3.93. The van der Waals surface area contributed by atoms with Crippen LogP contribution in [0, 0.1) is 5.92 Å². The van der Waals surface area contributed by atoms with Crippen molar-refractivity contribution in [2.24, 2.45) is 5.92 Å². The Labute approximate surface area is 80.1 Å². The summed E-state index contributed by atoms with van der Waals surface area (Å²) in [6.45, 7) is 7.59. The fraction of sp³-hybridized carbons (Fsp3) is 0.900. The Balaban J connectivity index is 2.44. The highest BCUT2D eigenvalue weighted by Gasteiger charge is 2.20. The maximum atomic E-state index is 10.4. The number of nitrogens with zero attached hydrogens (tertiary/aromatic N) is 1. The molecule has 0 spiro atoms. The summed E-state index contributed by atoms with van der Waals surface area (Å²) < 4.78 is 5.68. The summed E-state index contributed by atoms with van der Waals surface area (Å²) in [5.41, 5.74) is 0. The van der Waals surface area contributed by atoms with Crippen molar-refractivity contribution in [3.05, 3.63) is 0 Å². The van der Waals surface area contributed by atoms with E-state index in [9.17, 15) is 4.79 Å². The fourth-order valence-corrected chi connectivity index (χ4v) is 1.60. The number of carbonyl (C=O) groups excluding carboxylic acids is 1. The molecule has 1 heterocycles. The Morgan fingerprint density at radius 2 is 2.38 bits per heavy atom. The molecule has 1 fully saturated rings. The van der Waals surface area contributed by atoms with Crippen molar-refractivity contribution in [3.8, 4) is 0 Å². The van der Waals surface area contributed by atoms with Crippen LogP contribution in [0.3, 0.4) is 0 Å². The predicted octanol–water partition coefficient (Wildman–Crippen LogP) is 0.932. The van der Waals surface area contributed by atoms with Crippen molar-refractivity contribution < 1.29 is 9.53 Å². The molecule has 1 atom stereocenters. The van der Waals surface area contributed by atoms with Gasteiger partial charge in [-0.05, 0) is 12.3 Å². The third kappa shape index (κ3) is 3.44. The van der Waals surface area contributed by atoms with Crippen LogP contribution in [0.15, 0.2) is 0 Å². The zero-order chi connectivity index (χ0) is 9.68. The van der Waals surface area contributed by atoms with Gasteiger partial charge in [0.2, 0.25) is 0 Å². The molecular formula is C10H19NO2. The van der Waals surface area contributed by atoms with Crippen molar-refractivity contribution in [1.82, 2.24) is 4.90 Å². The average molecular weight is 185 g/mol. The van der Waals surface area contributed by atoms with E-state index in [2.05, 4.69) is 18.7 Å². The molecule has 3 heteroatoms. The number of hydrogen-bond donors (Lipinski definition) is 0. The zero-order valence-corrected chi connectivity index (χ0v) is 8.53. The lowest BCUT2D eigenvalue weighted by atomic mass is 10.1. The van der Waals surface area contributed by atoms with Crippen LogP contribution in [0.4, 0.5) is 0 Å². The first-order valence-corrected chi connectivity index (χ1v) is 5.01. The molecule has 1 saturated heterocycles. The standard InChI is InChI=1S/C10H19NO2/c1-9(2)10-8-11(5-6-12)4-3-7-13-10/h6,9-10H,3-5,7-8H2,1-2H3. The minimum atomic E-state index is 0.294. The maximum Gasteiger partial charge on any atom is 0.133 e. The quantitative estimate of drug-likeness (QED) is 0.613. The Kier molecular flexibility index (Phi) is 4.39. The van der Waals surface area contributed by atoms with Crippen LogP contribution in [0.5, 0.6) is 0 Å². The second kappa shape index (κ2) is 5.35. The number of carbonyl (C=O) groups is 1. The first-order valence-electron chi connectivity index (χ1n) is 5.01. The van der Waals surface area contributed by atoms with Crippen LogP contribution in [-0.2, 0) is 9.53 Å². The van der Waals surface area contributed by atoms with Gasteiger partial charge in [0.05, 0.1) is 12.6 Å². The monoisotopic (exact) mass is 185 g/mol. The molecule has 13 heavy (non-hydrogen) atoms. The van der Waals surface area contributed by atoms with Crippen LogP contribution in [0.1, 0.15) is 20.3 Å². The van der Waals surface area contributed by atoms with Crippen LogP contribution < -0.4 is 0 Å². The lowest BCUT2D eigenvalue weighted by molar-refractivity contribution is -0.109. The molecule has 0 amide bonds. The van der Waals surface area contributed by atoms with Gasteiger partial charge in [-0.3, -0.25) is 4.90 Å². The summed E-state index contributed by atoms with van der Waals surface area (Å²) in [6, 6.07) is 0. The predicted molar refractivity (Wildman–Crippen MR) is 51.7 cm³/mol. The summed E-state index contributed by atoms with van der Waals surface area (Å²) in [7, 11) is 0. The second-order valence-corrected chi connectivity index (χ2v) is 3.93. The van der Waals surface area contributed by atoms with Crippen molar-refractivity contribution in [3.63, 3.8) is 0 Å². The van der Waals surface area contributed by atoms with Gasteiger partial charge in [0, 0.05) is 19.7 Å². The van der Waals surface area contributed by atoms with Crippen molar-refractivity contribution in [2.45, 2.75) is 26.4 Å². The number of rotatable bonds is 3. The van der Waals surface area contributed by atoms with Crippen LogP contribution in [0.2, 0.25) is 0 Å². The Bertz CT molecular complexity index is 159. The molecule has 0 saturated carbocycles. The number of aldehydes is 1. The van der Waals surface area contributed by atoms with Crippen molar-refractivity contribution >= 4 is 6.29 Å². The van der Waals surface area contributed by atoms with Crippen LogP contribution >= 0.6 is 0 Å². The van der Waals surface area contributed by atoms with Gasteiger partial charge in [0.15, 0.2) is 0 Å². The SMILES string of the molecule is CC(C)C1CN(CC=O)CCCO1. The van der Waals surface area contributed by atoms with Gasteiger partial charge in [-0.1, -0.05) is 13.8 Å². The largest absolute Gasteiger partial charge is 0.377 e. The van der Waals surface area contributed by atoms with E-state index in [0.717, 1.165) is 32.4 Å². The molecule has 1 aliphatic heterocycles. The van der Waals surface area contributed by atoms with Crippen LogP contribution in [0.25, 0.3) is 0 Å². The molecule has 3 nitrogen and oxygen atoms in total. The molecular weight excluding hydrogens is 166 g/mol. The fourth-order valence-electron chi connectivity index (χ4n) is 1.60. The summed E-state index contributed by atoms with van der Waals surface area (Å²) >= 11 is 0. The molecule has 1 rings (SSSR count). The molecule has 1 unspecified atom stereocenters. The number of hydrogen-bond acceptors (Lipinski definition) is 3. The summed E-state index contributed by atoms with van der Waals surface area (Å²) in [6.07, 6.45) is 2.31. The van der Waals surface area contributed by atoms with Gasteiger partial charge < -0.3 is 9.53 Å². The maximum absolute atomic E-state index is 10.4. The molecule has 76 valence electrons. The molecule has 0 aromatic heterocycles. The molecule has 0 aromatic rings. The van der Waals surface area contributed by atoms with Gasteiger partial charge in [0.25, 0.3) is 0 Å². The van der Waals surface area contributed by atoms with E-state index < -0.39 is 0 Å². The molecule has 1 aliphatic rings. The zero-order valence-electron chi connectivity index (χ0n) is 8.53. The Morgan fingerprint density at radius 1 is 1.62 bits per heavy atom. The average Bonchev–Trinajstić information content (AvgIpc) is 2.30. The molecule has 0 aromatic carbocycles. The molecule has 0 bridgehead atoms. The minimum Gasteiger partial charge on any atom is -0.377 e.